The summed E-state index contributed by atoms with van der Waals surface area (Å²) in [5.41, 5.74) is 1.38. The molecular formula is C10H12N2O. The number of imidazole rings is 1. The average Bonchev–Trinajstić information content (AvgIpc) is 2.64. The number of nitrogens with zero attached hydrogens (tertiary/aromatic N) is 2. The summed E-state index contributed by atoms with van der Waals surface area (Å²) < 4.78 is 1.74. The zero-order valence-corrected chi connectivity index (χ0v) is 7.77. The van der Waals surface area contributed by atoms with Crippen molar-refractivity contribution in [3.63, 3.8) is 0 Å². The van der Waals surface area contributed by atoms with Crippen LogP contribution in [-0.2, 0) is 0 Å². The molecule has 0 N–H and O–H groups in total. The third-order valence-corrected chi connectivity index (χ3v) is 1.57. The number of pyridine rings is 1. The maximum absolute atomic E-state index is 10.4. The Kier molecular flexibility index (Phi) is 3.20. The lowest BCUT2D eigenvalue weighted by Gasteiger charge is -1.91. The molecule has 0 unspecified atom stereocenters. The fourth-order valence-electron chi connectivity index (χ4n) is 1.04. The molecule has 3 nitrogen and oxygen atoms in total. The second-order valence-electron chi connectivity index (χ2n) is 2.23. The molecule has 0 bridgehead atoms. The summed E-state index contributed by atoms with van der Waals surface area (Å²) in [5, 5.41) is 0. The van der Waals surface area contributed by atoms with E-state index in [9.17, 15) is 4.79 Å². The van der Waals surface area contributed by atoms with Gasteiger partial charge in [-0.3, -0.25) is 9.20 Å². The van der Waals surface area contributed by atoms with Crippen molar-refractivity contribution >= 4 is 11.9 Å². The van der Waals surface area contributed by atoms with Crippen LogP contribution in [0.2, 0.25) is 0 Å². The molecule has 0 aliphatic carbocycles. The maximum atomic E-state index is 10.4. The highest BCUT2D eigenvalue weighted by atomic mass is 16.1. The first-order chi connectivity index (χ1) is 6.42. The van der Waals surface area contributed by atoms with Crippen molar-refractivity contribution in [3.8, 4) is 0 Å². The molecule has 68 valence electrons. The summed E-state index contributed by atoms with van der Waals surface area (Å²) >= 11 is 0. The highest BCUT2D eigenvalue weighted by molar-refractivity contribution is 5.73. The lowest BCUT2D eigenvalue weighted by molar-refractivity contribution is 0.111. The number of carbonyl (C=O) groups is 1. The first kappa shape index (κ1) is 9.45. The normalized spacial score (nSPS) is 9.08. The minimum atomic E-state index is 0.584. The van der Waals surface area contributed by atoms with Crippen molar-refractivity contribution in [1.82, 2.24) is 9.38 Å². The predicted octanol–water partition coefficient (Wildman–Crippen LogP) is 2.17. The Morgan fingerprint density at radius 3 is 2.85 bits per heavy atom. The molecule has 0 aliphatic heterocycles. The number of aldehydes is 1. The van der Waals surface area contributed by atoms with Crippen LogP contribution in [-0.4, -0.2) is 15.7 Å². The minimum Gasteiger partial charge on any atom is -0.297 e. The van der Waals surface area contributed by atoms with Gasteiger partial charge in [0, 0.05) is 6.20 Å². The molecule has 0 amide bonds. The van der Waals surface area contributed by atoms with Crippen LogP contribution < -0.4 is 0 Å². The van der Waals surface area contributed by atoms with Gasteiger partial charge < -0.3 is 0 Å². The fourth-order valence-corrected chi connectivity index (χ4v) is 1.04. The topological polar surface area (TPSA) is 34.4 Å². The van der Waals surface area contributed by atoms with E-state index < -0.39 is 0 Å². The van der Waals surface area contributed by atoms with Crippen LogP contribution in [0.4, 0.5) is 0 Å². The molecule has 0 atom stereocenters. The van der Waals surface area contributed by atoms with Gasteiger partial charge in [-0.25, -0.2) is 4.98 Å². The molecule has 2 rings (SSSR count). The van der Waals surface area contributed by atoms with E-state index in [4.69, 9.17) is 0 Å². The summed E-state index contributed by atoms with van der Waals surface area (Å²) in [7, 11) is 0. The minimum absolute atomic E-state index is 0.584. The number of carbonyl (C=O) groups excluding carboxylic acids is 1. The van der Waals surface area contributed by atoms with Crippen molar-refractivity contribution in [2.75, 3.05) is 0 Å². The van der Waals surface area contributed by atoms with Crippen molar-refractivity contribution in [2.24, 2.45) is 0 Å². The van der Waals surface area contributed by atoms with Gasteiger partial charge in [-0.05, 0) is 12.1 Å². The summed E-state index contributed by atoms with van der Waals surface area (Å²) in [4.78, 5) is 14.4. The van der Waals surface area contributed by atoms with Crippen LogP contribution in [0, 0.1) is 0 Å². The fraction of sp³-hybridized carbons (Fsp3) is 0.200. The number of hydrogen-bond acceptors (Lipinski definition) is 2. The van der Waals surface area contributed by atoms with Crippen molar-refractivity contribution in [3.05, 3.63) is 36.3 Å². The molecule has 0 aliphatic rings. The standard InChI is InChI=1S/C8H6N2O.C2H6/c11-6-7-5-9-8-3-1-2-4-10(7)8;1-2/h1-6H;1-2H3. The summed E-state index contributed by atoms with van der Waals surface area (Å²) in [6.45, 7) is 4.00. The van der Waals surface area contributed by atoms with Gasteiger partial charge in [0.05, 0.1) is 6.20 Å². The Balaban J connectivity index is 0.000000396. The van der Waals surface area contributed by atoms with E-state index in [1.165, 1.54) is 0 Å². The quantitative estimate of drug-likeness (QED) is 0.624. The Hall–Kier alpha value is -1.64. The van der Waals surface area contributed by atoms with Crippen LogP contribution in [0.15, 0.2) is 30.6 Å². The van der Waals surface area contributed by atoms with Crippen LogP contribution in [0.3, 0.4) is 0 Å². The maximum Gasteiger partial charge on any atom is 0.168 e. The number of aromatic nitrogens is 2. The molecule has 0 saturated carbocycles. The van der Waals surface area contributed by atoms with E-state index in [-0.39, 0.29) is 0 Å². The van der Waals surface area contributed by atoms with E-state index in [1.54, 1.807) is 10.6 Å². The molecule has 0 saturated heterocycles. The summed E-state index contributed by atoms with van der Waals surface area (Å²) in [5.74, 6) is 0. The van der Waals surface area contributed by atoms with Gasteiger partial charge in [0.25, 0.3) is 0 Å². The van der Waals surface area contributed by atoms with E-state index in [2.05, 4.69) is 4.98 Å². The van der Waals surface area contributed by atoms with E-state index in [1.807, 2.05) is 38.2 Å². The predicted molar refractivity (Wildman–Crippen MR) is 51.9 cm³/mol. The Morgan fingerprint density at radius 1 is 1.38 bits per heavy atom. The molecule has 0 spiro atoms. The summed E-state index contributed by atoms with van der Waals surface area (Å²) in [6.07, 6.45) is 4.16. The lowest BCUT2D eigenvalue weighted by atomic mass is 10.4. The van der Waals surface area contributed by atoms with Gasteiger partial charge in [-0.1, -0.05) is 19.9 Å². The van der Waals surface area contributed by atoms with Crippen molar-refractivity contribution in [2.45, 2.75) is 13.8 Å². The third kappa shape index (κ3) is 1.75. The van der Waals surface area contributed by atoms with Crippen molar-refractivity contribution in [1.29, 1.82) is 0 Å². The van der Waals surface area contributed by atoms with E-state index >= 15 is 0 Å². The highest BCUT2D eigenvalue weighted by Crippen LogP contribution is 2.02. The van der Waals surface area contributed by atoms with Crippen LogP contribution in [0.5, 0.6) is 0 Å². The molecule has 0 aromatic carbocycles. The van der Waals surface area contributed by atoms with E-state index in [0.717, 1.165) is 11.9 Å². The van der Waals surface area contributed by atoms with Gasteiger partial charge in [0.15, 0.2) is 6.29 Å². The molecule has 2 heterocycles. The monoisotopic (exact) mass is 176 g/mol. The first-order valence-corrected chi connectivity index (χ1v) is 4.29. The molecule has 0 fully saturated rings. The Labute approximate surface area is 77.0 Å². The van der Waals surface area contributed by atoms with Gasteiger partial charge in [-0.15, -0.1) is 0 Å². The molecule has 0 radical (unpaired) electrons. The van der Waals surface area contributed by atoms with Crippen molar-refractivity contribution < 1.29 is 4.79 Å². The SMILES string of the molecule is CC.O=Cc1cnc2ccccn12. The third-order valence-electron chi connectivity index (χ3n) is 1.57. The van der Waals surface area contributed by atoms with Crippen LogP contribution >= 0.6 is 0 Å². The number of fused-ring (bicyclic) bond motifs is 1. The highest BCUT2D eigenvalue weighted by Gasteiger charge is 1.97. The Bertz CT molecular complexity index is 392. The van der Waals surface area contributed by atoms with Crippen LogP contribution in [0.1, 0.15) is 24.3 Å². The number of rotatable bonds is 1. The van der Waals surface area contributed by atoms with Gasteiger partial charge in [0.1, 0.15) is 11.3 Å². The molecular weight excluding hydrogens is 164 g/mol. The zero-order chi connectivity index (χ0) is 9.68. The van der Waals surface area contributed by atoms with Gasteiger partial charge >= 0.3 is 0 Å². The molecule has 2 aromatic rings. The lowest BCUT2D eigenvalue weighted by Crippen LogP contribution is -1.87. The molecule has 13 heavy (non-hydrogen) atoms. The van der Waals surface area contributed by atoms with Gasteiger partial charge in [-0.2, -0.15) is 0 Å². The smallest absolute Gasteiger partial charge is 0.168 e. The first-order valence-electron chi connectivity index (χ1n) is 4.29. The second kappa shape index (κ2) is 4.40. The van der Waals surface area contributed by atoms with E-state index in [0.29, 0.717) is 5.69 Å². The zero-order valence-electron chi connectivity index (χ0n) is 7.77. The average molecular weight is 176 g/mol. The largest absolute Gasteiger partial charge is 0.297 e. The molecule has 2 aromatic heterocycles. The van der Waals surface area contributed by atoms with Gasteiger partial charge in [0.2, 0.25) is 0 Å². The second-order valence-corrected chi connectivity index (χ2v) is 2.23. The summed E-state index contributed by atoms with van der Waals surface area (Å²) in [6, 6.07) is 5.60. The Morgan fingerprint density at radius 2 is 2.15 bits per heavy atom. The van der Waals surface area contributed by atoms with Crippen LogP contribution in [0.25, 0.3) is 5.65 Å². The molecule has 3 heteroatoms. The number of hydrogen-bond donors (Lipinski definition) is 0.